The molecule has 0 bridgehead atoms. The second-order valence-corrected chi connectivity index (χ2v) is 16.1. The highest BCUT2D eigenvalue weighted by Crippen LogP contribution is 2.36. The second kappa shape index (κ2) is 23.2. The highest BCUT2D eigenvalue weighted by atomic mass is 16.8. The SMILES string of the molecule is CC(=O)NC1C(OC2C(C(=O)O)OC(OC3C(O)C(CO)OC(OC4C(O)C(CO)OC(OC(C=O)CO)C4O)C3O)C(O)C2O)OC(CO)C(OC2OC(C(=O)O)C(C)C(O)C2O)C1O. The Morgan fingerprint density at radius 1 is 0.530 bits per heavy atom. The van der Waals surface area contributed by atoms with Crippen LogP contribution in [-0.4, -0.2) is 281 Å². The van der Waals surface area contributed by atoms with Crippen LogP contribution < -0.4 is 5.32 Å². The van der Waals surface area contributed by atoms with Crippen molar-refractivity contribution >= 4 is 24.1 Å². The molecule has 5 aliphatic rings. The molecular formula is C36H57NO29. The third-order valence-corrected chi connectivity index (χ3v) is 11.6. The van der Waals surface area contributed by atoms with Gasteiger partial charge in [0.15, 0.2) is 49.9 Å². The molecular weight excluding hydrogens is 910 g/mol. The van der Waals surface area contributed by atoms with Gasteiger partial charge < -0.3 is 134 Å². The zero-order chi connectivity index (χ0) is 49.1. The zero-order valence-electron chi connectivity index (χ0n) is 34.8. The molecule has 0 radical (unpaired) electrons. The van der Waals surface area contributed by atoms with E-state index >= 15 is 0 Å². The van der Waals surface area contributed by atoms with Crippen LogP contribution in [0.3, 0.4) is 0 Å². The van der Waals surface area contributed by atoms with Crippen molar-refractivity contribution in [3.05, 3.63) is 0 Å². The van der Waals surface area contributed by atoms with Crippen LogP contribution in [-0.2, 0) is 66.5 Å². The van der Waals surface area contributed by atoms with Crippen LogP contribution in [0.5, 0.6) is 0 Å². The third-order valence-electron chi connectivity index (χ3n) is 11.6. The Balaban J connectivity index is 1.34. The summed E-state index contributed by atoms with van der Waals surface area (Å²) in [5.41, 5.74) is 0. The van der Waals surface area contributed by atoms with Gasteiger partial charge in [-0.25, -0.2) is 9.59 Å². The number of hydrogen-bond acceptors (Lipinski definition) is 27. The Hall–Kier alpha value is -2.84. The van der Waals surface area contributed by atoms with E-state index in [1.807, 2.05) is 0 Å². The van der Waals surface area contributed by atoms with Gasteiger partial charge in [-0.3, -0.25) is 4.79 Å². The first-order chi connectivity index (χ1) is 31.1. The van der Waals surface area contributed by atoms with Gasteiger partial charge in [-0.05, 0) is 0 Å². The minimum atomic E-state index is -2.39. The molecule has 0 aromatic heterocycles. The maximum absolute atomic E-state index is 12.7. The van der Waals surface area contributed by atoms with Crippen LogP contribution in [0.1, 0.15) is 13.8 Å². The molecule has 5 saturated heterocycles. The molecule has 380 valence electrons. The summed E-state index contributed by atoms with van der Waals surface area (Å²) in [5, 5.41) is 161. The molecule has 26 unspecified atom stereocenters. The number of aliphatic carboxylic acids is 2. The van der Waals surface area contributed by atoms with Gasteiger partial charge in [0, 0.05) is 12.8 Å². The van der Waals surface area contributed by atoms with Crippen molar-refractivity contribution in [2.24, 2.45) is 5.92 Å². The Bertz CT molecular complexity index is 1620. The van der Waals surface area contributed by atoms with Crippen molar-refractivity contribution in [2.75, 3.05) is 26.4 Å². The molecule has 26 atom stereocenters. The van der Waals surface area contributed by atoms with E-state index in [4.69, 9.17) is 47.4 Å². The summed E-state index contributed by atoms with van der Waals surface area (Å²) >= 11 is 0. The number of amides is 1. The van der Waals surface area contributed by atoms with E-state index < -0.39 is 204 Å². The van der Waals surface area contributed by atoms with Crippen molar-refractivity contribution in [1.29, 1.82) is 0 Å². The molecule has 0 saturated carbocycles. The number of aliphatic hydroxyl groups is 13. The summed E-state index contributed by atoms with van der Waals surface area (Å²) in [6, 6.07) is -1.81. The Labute approximate surface area is 372 Å². The van der Waals surface area contributed by atoms with E-state index in [-0.39, 0.29) is 6.29 Å². The summed E-state index contributed by atoms with van der Waals surface area (Å²) in [5.74, 6) is -5.49. The molecule has 5 rings (SSSR count). The lowest BCUT2D eigenvalue weighted by Crippen LogP contribution is -2.70. The van der Waals surface area contributed by atoms with Crippen LogP contribution in [0.25, 0.3) is 0 Å². The molecule has 30 nitrogen and oxygen atoms in total. The smallest absolute Gasteiger partial charge is 0.335 e. The van der Waals surface area contributed by atoms with Crippen LogP contribution in [0.2, 0.25) is 0 Å². The number of carboxylic acids is 2. The van der Waals surface area contributed by atoms with Crippen molar-refractivity contribution in [2.45, 2.75) is 167 Å². The lowest BCUT2D eigenvalue weighted by molar-refractivity contribution is -0.387. The molecule has 16 N–H and O–H groups in total. The largest absolute Gasteiger partial charge is 0.479 e. The molecule has 0 aromatic rings. The maximum Gasteiger partial charge on any atom is 0.335 e. The number of nitrogens with one attached hydrogen (secondary N) is 1. The molecule has 0 aliphatic carbocycles. The van der Waals surface area contributed by atoms with Crippen LogP contribution in [0, 0.1) is 5.92 Å². The number of ether oxygens (including phenoxy) is 10. The first-order valence-corrected chi connectivity index (χ1v) is 20.4. The van der Waals surface area contributed by atoms with Gasteiger partial charge in [-0.15, -0.1) is 0 Å². The number of carboxylic acid groups (broad SMARTS) is 2. The number of hydrogen-bond donors (Lipinski definition) is 16. The molecule has 5 fully saturated rings. The van der Waals surface area contributed by atoms with Crippen molar-refractivity contribution in [3.63, 3.8) is 0 Å². The Morgan fingerprint density at radius 2 is 0.970 bits per heavy atom. The summed E-state index contributed by atoms with van der Waals surface area (Å²) in [7, 11) is 0. The van der Waals surface area contributed by atoms with E-state index in [0.717, 1.165) is 6.92 Å². The molecule has 5 heterocycles. The van der Waals surface area contributed by atoms with E-state index in [1.54, 1.807) is 0 Å². The quantitative estimate of drug-likeness (QED) is 0.0567. The first-order valence-electron chi connectivity index (χ1n) is 20.4. The Morgan fingerprint density at radius 3 is 1.45 bits per heavy atom. The predicted octanol–water partition coefficient (Wildman–Crippen LogP) is -10.7. The summed E-state index contributed by atoms with van der Waals surface area (Å²) in [4.78, 5) is 48.0. The lowest BCUT2D eigenvalue weighted by Gasteiger charge is -2.49. The van der Waals surface area contributed by atoms with Crippen molar-refractivity contribution in [3.8, 4) is 0 Å². The molecule has 66 heavy (non-hydrogen) atoms. The van der Waals surface area contributed by atoms with Crippen LogP contribution >= 0.6 is 0 Å². The second-order valence-electron chi connectivity index (χ2n) is 16.1. The van der Waals surface area contributed by atoms with Crippen molar-refractivity contribution in [1.82, 2.24) is 5.32 Å². The summed E-state index contributed by atoms with van der Waals surface area (Å²) in [6.45, 7) is -1.66. The monoisotopic (exact) mass is 967 g/mol. The van der Waals surface area contributed by atoms with Gasteiger partial charge in [0.2, 0.25) is 5.91 Å². The number of aldehydes is 1. The fourth-order valence-electron chi connectivity index (χ4n) is 8.00. The number of rotatable bonds is 18. The lowest BCUT2D eigenvalue weighted by atomic mass is 9.90. The standard InChI is InChI=1S/C36H57NO29/c1-8-15(44)20(49)33(61-24(8)30(53)54)62-25-13(7-42)60-32(14(18(25)47)37-9(2)43)65-28-19(48)21(50)34(66-29(28)31(55)56)63-27-17(46)12(6-41)59-36(23(27)52)64-26-16(45)11(5-40)58-35(22(26)51)57-10(3-38)4-39/h3,8,10-29,32-36,39-42,44-52H,4-7H2,1-2H3,(H,37,43)(H,53,54)(H,55,56). The number of carbonyl (C=O) groups is 4. The van der Waals surface area contributed by atoms with E-state index in [9.17, 15) is 95.8 Å². The van der Waals surface area contributed by atoms with Gasteiger partial charge >= 0.3 is 11.9 Å². The highest BCUT2D eigenvalue weighted by molar-refractivity contribution is 5.74. The van der Waals surface area contributed by atoms with Gasteiger partial charge in [0.1, 0.15) is 104 Å². The maximum atomic E-state index is 12.7. The van der Waals surface area contributed by atoms with E-state index in [1.165, 1.54) is 6.92 Å². The van der Waals surface area contributed by atoms with Gasteiger partial charge in [0.25, 0.3) is 0 Å². The molecule has 30 heteroatoms. The normalized spacial score (nSPS) is 47.1. The minimum Gasteiger partial charge on any atom is -0.479 e. The van der Waals surface area contributed by atoms with Gasteiger partial charge in [-0.2, -0.15) is 0 Å². The van der Waals surface area contributed by atoms with Crippen LogP contribution in [0.4, 0.5) is 0 Å². The molecule has 0 aromatic carbocycles. The number of aliphatic hydroxyl groups excluding tert-OH is 13. The predicted molar refractivity (Wildman–Crippen MR) is 198 cm³/mol. The topological polar surface area (TPSA) is 476 Å². The number of carbonyl (C=O) groups excluding carboxylic acids is 2. The van der Waals surface area contributed by atoms with E-state index in [0.29, 0.717) is 0 Å². The van der Waals surface area contributed by atoms with Crippen molar-refractivity contribution < 1.29 is 143 Å². The average molecular weight is 968 g/mol. The van der Waals surface area contributed by atoms with E-state index in [2.05, 4.69) is 5.32 Å². The molecule has 0 spiro atoms. The summed E-state index contributed by atoms with van der Waals surface area (Å²) in [6.07, 6.45) is -47.7. The third kappa shape index (κ3) is 11.4. The fourth-order valence-corrected chi connectivity index (χ4v) is 8.00. The Kier molecular flexibility index (Phi) is 19.0. The first kappa shape index (κ1) is 54.1. The average Bonchev–Trinajstić information content (AvgIpc) is 3.27. The van der Waals surface area contributed by atoms with Gasteiger partial charge in [0.05, 0.1) is 32.5 Å². The molecule has 1 amide bonds. The van der Waals surface area contributed by atoms with Crippen LogP contribution in [0.15, 0.2) is 0 Å². The zero-order valence-corrected chi connectivity index (χ0v) is 34.8. The minimum absolute atomic E-state index is 0.154. The summed E-state index contributed by atoms with van der Waals surface area (Å²) < 4.78 is 54.9. The van der Waals surface area contributed by atoms with Gasteiger partial charge in [-0.1, -0.05) is 6.92 Å². The highest BCUT2D eigenvalue weighted by Gasteiger charge is 2.58. The molecule has 5 aliphatic heterocycles. The fraction of sp³-hybridized carbons (Fsp3) is 0.889.